The predicted octanol–water partition coefficient (Wildman–Crippen LogP) is 1.14. The minimum atomic E-state index is 0.00172. The van der Waals surface area contributed by atoms with Crippen molar-refractivity contribution in [2.75, 3.05) is 47.8 Å². The maximum Gasteiger partial charge on any atom is 0.228 e. The average Bonchev–Trinajstić information content (AvgIpc) is 3.00. The van der Waals surface area contributed by atoms with Gasteiger partial charge in [-0.05, 0) is 39.2 Å². The lowest BCUT2D eigenvalue weighted by Crippen LogP contribution is -2.38. The van der Waals surface area contributed by atoms with E-state index in [0.717, 1.165) is 24.3 Å². The Kier molecular flexibility index (Phi) is 7.15. The van der Waals surface area contributed by atoms with E-state index >= 15 is 0 Å². The second-order valence-electron chi connectivity index (χ2n) is 6.91. The molecular weight excluding hydrogens is 330 g/mol. The van der Waals surface area contributed by atoms with Crippen LogP contribution in [0.3, 0.4) is 0 Å². The molecule has 142 valence electrons. The molecule has 2 aromatic rings. The van der Waals surface area contributed by atoms with Gasteiger partial charge in [0.15, 0.2) is 0 Å². The maximum atomic E-state index is 12.4. The lowest BCUT2D eigenvalue weighted by Gasteiger charge is -2.22. The zero-order valence-corrected chi connectivity index (χ0v) is 16.2. The molecule has 0 aliphatic carbocycles. The van der Waals surface area contributed by atoms with Crippen molar-refractivity contribution in [3.63, 3.8) is 0 Å². The van der Waals surface area contributed by atoms with Crippen LogP contribution in [0, 0.1) is 0 Å². The average molecular weight is 359 g/mol. The molecule has 0 radical (unpaired) electrons. The fourth-order valence-electron chi connectivity index (χ4n) is 2.65. The monoisotopic (exact) mass is 359 g/mol. The Balaban J connectivity index is 1.76. The third-order valence-electron chi connectivity index (χ3n) is 4.36. The standard InChI is InChI=1S/C19H29N5O2/c1-21(2)10-7-9-18(25)22(3)12-13-23(4)19(26)14-16-15-24-11-6-5-8-17(24)20-16/h5-6,8,11,15H,7,9-10,12-14H2,1-4H3. The van der Waals surface area contributed by atoms with E-state index in [1.54, 1.807) is 23.9 Å². The van der Waals surface area contributed by atoms with E-state index in [1.807, 2.05) is 49.1 Å². The number of imidazole rings is 1. The van der Waals surface area contributed by atoms with Crippen molar-refractivity contribution in [2.24, 2.45) is 0 Å². The Bertz CT molecular complexity index is 707. The van der Waals surface area contributed by atoms with Crippen LogP contribution in [0.5, 0.6) is 0 Å². The summed E-state index contributed by atoms with van der Waals surface area (Å²) in [7, 11) is 7.55. The third-order valence-corrected chi connectivity index (χ3v) is 4.36. The third kappa shape index (κ3) is 5.84. The number of pyridine rings is 1. The van der Waals surface area contributed by atoms with Gasteiger partial charge in [0.2, 0.25) is 11.8 Å². The second-order valence-corrected chi connectivity index (χ2v) is 6.91. The Morgan fingerprint density at radius 1 is 1.00 bits per heavy atom. The first kappa shape index (κ1) is 19.9. The van der Waals surface area contributed by atoms with E-state index in [2.05, 4.69) is 9.88 Å². The van der Waals surface area contributed by atoms with Crippen LogP contribution in [-0.2, 0) is 16.0 Å². The number of amides is 2. The van der Waals surface area contributed by atoms with Crippen LogP contribution < -0.4 is 0 Å². The number of nitrogens with zero attached hydrogens (tertiary/aromatic N) is 5. The molecule has 7 heteroatoms. The minimum absolute atomic E-state index is 0.00172. The van der Waals surface area contributed by atoms with Crippen molar-refractivity contribution in [3.05, 3.63) is 36.3 Å². The van der Waals surface area contributed by atoms with Crippen LogP contribution in [0.25, 0.3) is 5.65 Å². The van der Waals surface area contributed by atoms with Crippen LogP contribution >= 0.6 is 0 Å². The van der Waals surface area contributed by atoms with Crippen molar-refractivity contribution in [3.8, 4) is 0 Å². The van der Waals surface area contributed by atoms with E-state index in [1.165, 1.54) is 0 Å². The van der Waals surface area contributed by atoms with Crippen LogP contribution in [-0.4, -0.2) is 83.7 Å². The Hall–Kier alpha value is -2.41. The summed E-state index contributed by atoms with van der Waals surface area (Å²) in [6.07, 6.45) is 5.43. The van der Waals surface area contributed by atoms with Gasteiger partial charge in [-0.1, -0.05) is 6.07 Å². The summed E-state index contributed by atoms with van der Waals surface area (Å²) < 4.78 is 1.91. The molecule has 0 N–H and O–H groups in total. The van der Waals surface area contributed by atoms with Gasteiger partial charge in [0.05, 0.1) is 12.1 Å². The number of rotatable bonds is 9. The maximum absolute atomic E-state index is 12.4. The Labute approximate surface area is 155 Å². The van der Waals surface area contributed by atoms with E-state index < -0.39 is 0 Å². The van der Waals surface area contributed by atoms with E-state index in [-0.39, 0.29) is 18.2 Å². The summed E-state index contributed by atoms with van der Waals surface area (Å²) in [6, 6.07) is 5.76. The first-order chi connectivity index (χ1) is 12.4. The minimum Gasteiger partial charge on any atom is -0.344 e. The highest BCUT2D eigenvalue weighted by Gasteiger charge is 2.14. The molecule has 0 saturated carbocycles. The Morgan fingerprint density at radius 3 is 2.35 bits per heavy atom. The van der Waals surface area contributed by atoms with Crippen molar-refractivity contribution < 1.29 is 9.59 Å². The van der Waals surface area contributed by atoms with Crippen LogP contribution in [0.1, 0.15) is 18.5 Å². The van der Waals surface area contributed by atoms with Crippen LogP contribution in [0.4, 0.5) is 0 Å². The summed E-state index contributed by atoms with van der Waals surface area (Å²) in [5, 5.41) is 0. The van der Waals surface area contributed by atoms with E-state index in [4.69, 9.17) is 0 Å². The zero-order chi connectivity index (χ0) is 19.1. The molecule has 2 heterocycles. The topological polar surface area (TPSA) is 61.2 Å². The highest BCUT2D eigenvalue weighted by Crippen LogP contribution is 2.06. The summed E-state index contributed by atoms with van der Waals surface area (Å²) in [5.74, 6) is 0.120. The quantitative estimate of drug-likeness (QED) is 0.674. The number of hydrogen-bond donors (Lipinski definition) is 0. The molecule has 0 saturated heterocycles. The smallest absolute Gasteiger partial charge is 0.228 e. The molecule has 0 atom stereocenters. The summed E-state index contributed by atoms with van der Waals surface area (Å²) in [4.78, 5) is 34.4. The molecule has 2 aromatic heterocycles. The molecule has 2 rings (SSSR count). The van der Waals surface area contributed by atoms with Crippen LogP contribution in [0.2, 0.25) is 0 Å². The van der Waals surface area contributed by atoms with Crippen molar-refractivity contribution >= 4 is 17.5 Å². The molecule has 2 amide bonds. The lowest BCUT2D eigenvalue weighted by molar-refractivity contribution is -0.133. The first-order valence-corrected chi connectivity index (χ1v) is 8.92. The number of carbonyl (C=O) groups is 2. The van der Waals surface area contributed by atoms with E-state index in [9.17, 15) is 9.59 Å². The molecule has 0 bridgehead atoms. The molecule has 0 aliphatic heterocycles. The van der Waals surface area contributed by atoms with Gasteiger partial charge in [-0.2, -0.15) is 0 Å². The summed E-state index contributed by atoms with van der Waals surface area (Å²) in [6.45, 7) is 1.95. The van der Waals surface area contributed by atoms with E-state index in [0.29, 0.717) is 19.5 Å². The number of hydrogen-bond acceptors (Lipinski definition) is 4. The van der Waals surface area contributed by atoms with Gasteiger partial charge in [0.25, 0.3) is 0 Å². The molecule has 0 aliphatic rings. The second kappa shape index (κ2) is 9.33. The molecule has 0 fully saturated rings. The van der Waals surface area contributed by atoms with Crippen molar-refractivity contribution in [2.45, 2.75) is 19.3 Å². The van der Waals surface area contributed by atoms with Gasteiger partial charge in [-0.25, -0.2) is 4.98 Å². The molecule has 0 aromatic carbocycles. The Morgan fingerprint density at radius 2 is 1.69 bits per heavy atom. The van der Waals surface area contributed by atoms with Gasteiger partial charge in [-0.15, -0.1) is 0 Å². The van der Waals surface area contributed by atoms with Crippen molar-refractivity contribution in [1.29, 1.82) is 0 Å². The number of fused-ring (bicyclic) bond motifs is 1. The zero-order valence-electron chi connectivity index (χ0n) is 16.2. The van der Waals surface area contributed by atoms with Crippen LogP contribution in [0.15, 0.2) is 30.6 Å². The fourth-order valence-corrected chi connectivity index (χ4v) is 2.65. The number of aromatic nitrogens is 2. The summed E-state index contributed by atoms with van der Waals surface area (Å²) >= 11 is 0. The first-order valence-electron chi connectivity index (χ1n) is 8.92. The van der Waals surface area contributed by atoms with Gasteiger partial charge in [0, 0.05) is 46.0 Å². The highest BCUT2D eigenvalue weighted by molar-refractivity contribution is 5.78. The summed E-state index contributed by atoms with van der Waals surface area (Å²) in [5.41, 5.74) is 1.59. The lowest BCUT2D eigenvalue weighted by atomic mass is 10.2. The SMILES string of the molecule is CN(C)CCCC(=O)N(C)CCN(C)C(=O)Cc1cn2ccccc2n1. The van der Waals surface area contributed by atoms with Gasteiger partial charge in [-0.3, -0.25) is 9.59 Å². The molecule has 0 unspecified atom stereocenters. The molecule has 26 heavy (non-hydrogen) atoms. The van der Waals surface area contributed by atoms with Gasteiger partial charge in [0.1, 0.15) is 5.65 Å². The molecular formula is C19H29N5O2. The van der Waals surface area contributed by atoms with Gasteiger partial charge < -0.3 is 19.1 Å². The number of likely N-dealkylation sites (N-methyl/N-ethyl adjacent to an activating group) is 2. The van der Waals surface area contributed by atoms with Crippen molar-refractivity contribution in [1.82, 2.24) is 24.1 Å². The fraction of sp³-hybridized carbons (Fsp3) is 0.526. The van der Waals surface area contributed by atoms with Gasteiger partial charge >= 0.3 is 0 Å². The number of carbonyl (C=O) groups excluding carboxylic acids is 2. The molecule has 7 nitrogen and oxygen atoms in total. The molecule has 0 spiro atoms. The predicted molar refractivity (Wildman–Crippen MR) is 102 cm³/mol. The highest BCUT2D eigenvalue weighted by atomic mass is 16.2. The largest absolute Gasteiger partial charge is 0.344 e. The normalized spacial score (nSPS) is 11.1.